The number of aromatic carboxylic acids is 1. The fourth-order valence-electron chi connectivity index (χ4n) is 2.33. The minimum atomic E-state index is -1.06. The number of aromatic amines is 1. The molecule has 6 nitrogen and oxygen atoms in total. The number of rotatable bonds is 4. The van der Waals surface area contributed by atoms with Crippen LogP contribution in [0.4, 0.5) is 0 Å². The van der Waals surface area contributed by atoms with E-state index in [1.54, 1.807) is 19.2 Å². The van der Waals surface area contributed by atoms with Crippen LogP contribution in [0.2, 0.25) is 0 Å². The van der Waals surface area contributed by atoms with E-state index in [2.05, 4.69) is 4.98 Å². The SMILES string of the molecule is COCC(C)(C)n1c(=O)[nH]c2cccc(C(=O)O)c21. The van der Waals surface area contributed by atoms with Crippen molar-refractivity contribution < 1.29 is 14.6 Å². The van der Waals surface area contributed by atoms with Crippen LogP contribution in [0.25, 0.3) is 11.0 Å². The first kappa shape index (κ1) is 13.4. The van der Waals surface area contributed by atoms with Gasteiger partial charge in [-0.1, -0.05) is 6.07 Å². The van der Waals surface area contributed by atoms with Gasteiger partial charge >= 0.3 is 11.7 Å². The molecule has 0 aliphatic heterocycles. The van der Waals surface area contributed by atoms with Crippen LogP contribution in [-0.2, 0) is 10.3 Å². The first-order valence-electron chi connectivity index (χ1n) is 5.85. The van der Waals surface area contributed by atoms with Gasteiger partial charge in [0.2, 0.25) is 0 Å². The van der Waals surface area contributed by atoms with Crippen LogP contribution in [-0.4, -0.2) is 34.3 Å². The summed E-state index contributed by atoms with van der Waals surface area (Å²) in [5.41, 5.74) is 0.0113. The van der Waals surface area contributed by atoms with E-state index in [1.807, 2.05) is 13.8 Å². The van der Waals surface area contributed by atoms with Crippen molar-refractivity contribution >= 4 is 17.0 Å². The second-order valence-corrected chi connectivity index (χ2v) is 5.02. The van der Waals surface area contributed by atoms with Gasteiger partial charge in [-0.25, -0.2) is 9.59 Å². The monoisotopic (exact) mass is 264 g/mol. The molecule has 0 saturated carbocycles. The van der Waals surface area contributed by atoms with Crippen LogP contribution in [0.1, 0.15) is 24.2 Å². The van der Waals surface area contributed by atoms with Crippen LogP contribution >= 0.6 is 0 Å². The summed E-state index contributed by atoms with van der Waals surface area (Å²) >= 11 is 0. The van der Waals surface area contributed by atoms with Crippen LogP contribution in [0, 0.1) is 0 Å². The summed E-state index contributed by atoms with van der Waals surface area (Å²) in [6, 6.07) is 4.77. The van der Waals surface area contributed by atoms with Crippen molar-refractivity contribution in [3.05, 3.63) is 34.2 Å². The molecule has 1 aromatic carbocycles. The maximum Gasteiger partial charge on any atom is 0.337 e. The topological polar surface area (TPSA) is 84.3 Å². The number of aromatic nitrogens is 2. The number of para-hydroxylation sites is 1. The van der Waals surface area contributed by atoms with E-state index in [-0.39, 0.29) is 11.3 Å². The number of nitrogens with zero attached hydrogens (tertiary/aromatic N) is 1. The predicted octanol–water partition coefficient (Wildman–Crippen LogP) is 1.41. The standard InChI is InChI=1S/C13H16N2O4/c1-13(2,7-19-3)15-10-8(11(16)17)5-4-6-9(10)14-12(15)18/h4-6H,7H2,1-3H3,(H,14,18)(H,16,17). The number of benzene rings is 1. The summed E-state index contributed by atoms with van der Waals surface area (Å²) in [6.07, 6.45) is 0. The van der Waals surface area contributed by atoms with Gasteiger partial charge in [0.1, 0.15) is 0 Å². The first-order valence-corrected chi connectivity index (χ1v) is 5.85. The number of ether oxygens (including phenoxy) is 1. The Bertz CT molecular complexity index is 681. The van der Waals surface area contributed by atoms with E-state index in [0.29, 0.717) is 17.6 Å². The highest BCUT2D eigenvalue weighted by molar-refractivity contribution is 6.01. The molecule has 0 spiro atoms. The Morgan fingerprint density at radius 3 is 2.74 bits per heavy atom. The molecule has 6 heteroatoms. The van der Waals surface area contributed by atoms with Crippen molar-refractivity contribution in [2.45, 2.75) is 19.4 Å². The van der Waals surface area contributed by atoms with Gasteiger partial charge in [0.05, 0.1) is 28.7 Å². The molecule has 102 valence electrons. The Morgan fingerprint density at radius 2 is 2.16 bits per heavy atom. The third kappa shape index (κ3) is 2.15. The van der Waals surface area contributed by atoms with Crippen molar-refractivity contribution in [3.8, 4) is 0 Å². The molecular weight excluding hydrogens is 248 g/mol. The van der Waals surface area contributed by atoms with Crippen molar-refractivity contribution in [2.75, 3.05) is 13.7 Å². The zero-order chi connectivity index (χ0) is 14.2. The summed E-state index contributed by atoms with van der Waals surface area (Å²) in [6.45, 7) is 3.95. The Labute approximate surface area is 109 Å². The molecule has 0 radical (unpaired) electrons. The zero-order valence-corrected chi connectivity index (χ0v) is 11.1. The third-order valence-electron chi connectivity index (χ3n) is 3.04. The van der Waals surface area contributed by atoms with Crippen LogP contribution in [0.15, 0.2) is 23.0 Å². The lowest BCUT2D eigenvalue weighted by Crippen LogP contribution is -2.38. The molecule has 0 amide bonds. The van der Waals surface area contributed by atoms with E-state index in [1.165, 1.54) is 10.6 Å². The summed E-state index contributed by atoms with van der Waals surface area (Å²) in [4.78, 5) is 26.1. The molecule has 2 N–H and O–H groups in total. The van der Waals surface area contributed by atoms with Crippen molar-refractivity contribution in [2.24, 2.45) is 0 Å². The normalized spacial score (nSPS) is 11.9. The average molecular weight is 264 g/mol. The largest absolute Gasteiger partial charge is 0.478 e. The highest BCUT2D eigenvalue weighted by Crippen LogP contribution is 2.23. The van der Waals surface area contributed by atoms with Crippen LogP contribution in [0.5, 0.6) is 0 Å². The van der Waals surface area contributed by atoms with E-state index in [9.17, 15) is 14.7 Å². The van der Waals surface area contributed by atoms with Gasteiger partial charge in [-0.2, -0.15) is 0 Å². The zero-order valence-electron chi connectivity index (χ0n) is 11.1. The highest BCUT2D eigenvalue weighted by atomic mass is 16.5. The molecule has 0 unspecified atom stereocenters. The van der Waals surface area contributed by atoms with E-state index < -0.39 is 11.5 Å². The molecule has 0 saturated heterocycles. The van der Waals surface area contributed by atoms with Crippen molar-refractivity contribution in [1.82, 2.24) is 9.55 Å². The second-order valence-electron chi connectivity index (χ2n) is 5.02. The number of carboxylic acid groups (broad SMARTS) is 1. The molecule has 19 heavy (non-hydrogen) atoms. The highest BCUT2D eigenvalue weighted by Gasteiger charge is 2.27. The van der Waals surface area contributed by atoms with Gasteiger partial charge < -0.3 is 14.8 Å². The van der Waals surface area contributed by atoms with Gasteiger partial charge in [0.15, 0.2) is 0 Å². The number of H-pyrrole nitrogens is 1. The summed E-state index contributed by atoms with van der Waals surface area (Å²) in [7, 11) is 1.54. The molecule has 1 heterocycles. The Balaban J connectivity index is 2.84. The summed E-state index contributed by atoms with van der Waals surface area (Å²) in [5, 5.41) is 9.25. The van der Waals surface area contributed by atoms with Gasteiger partial charge in [0.25, 0.3) is 0 Å². The molecule has 0 aliphatic rings. The lowest BCUT2D eigenvalue weighted by atomic mass is 10.1. The molecule has 1 aromatic heterocycles. The molecule has 0 bridgehead atoms. The predicted molar refractivity (Wildman–Crippen MR) is 70.7 cm³/mol. The summed E-state index contributed by atoms with van der Waals surface area (Å²) in [5.74, 6) is -1.06. The van der Waals surface area contributed by atoms with E-state index in [0.717, 1.165) is 0 Å². The van der Waals surface area contributed by atoms with Crippen molar-refractivity contribution in [1.29, 1.82) is 0 Å². The number of imidazole rings is 1. The third-order valence-corrected chi connectivity index (χ3v) is 3.04. The first-order chi connectivity index (χ1) is 8.88. The van der Waals surface area contributed by atoms with E-state index in [4.69, 9.17) is 4.74 Å². The molecule has 0 aliphatic carbocycles. The Kier molecular flexibility index (Phi) is 3.20. The smallest absolute Gasteiger partial charge is 0.337 e. The van der Waals surface area contributed by atoms with Gasteiger partial charge in [-0.15, -0.1) is 0 Å². The number of nitrogens with one attached hydrogen (secondary N) is 1. The van der Waals surface area contributed by atoms with Gasteiger partial charge in [0, 0.05) is 7.11 Å². The molecular formula is C13H16N2O4. The lowest BCUT2D eigenvalue weighted by Gasteiger charge is -2.25. The average Bonchev–Trinajstić information content (AvgIpc) is 2.64. The number of carboxylic acids is 1. The van der Waals surface area contributed by atoms with Gasteiger partial charge in [-0.05, 0) is 26.0 Å². The number of fused-ring (bicyclic) bond motifs is 1. The lowest BCUT2D eigenvalue weighted by molar-refractivity contribution is 0.0697. The second kappa shape index (κ2) is 4.55. The van der Waals surface area contributed by atoms with Crippen LogP contribution in [0.3, 0.4) is 0 Å². The number of hydrogen-bond donors (Lipinski definition) is 2. The molecule has 2 rings (SSSR count). The summed E-state index contributed by atoms with van der Waals surface area (Å²) < 4.78 is 6.55. The van der Waals surface area contributed by atoms with E-state index >= 15 is 0 Å². The minimum Gasteiger partial charge on any atom is -0.478 e. The maximum absolute atomic E-state index is 12.1. The number of methoxy groups -OCH3 is 1. The Morgan fingerprint density at radius 1 is 1.47 bits per heavy atom. The fraction of sp³-hybridized carbons (Fsp3) is 0.385. The van der Waals surface area contributed by atoms with Crippen molar-refractivity contribution in [3.63, 3.8) is 0 Å². The molecule has 0 atom stereocenters. The Hall–Kier alpha value is -2.08. The number of hydrogen-bond acceptors (Lipinski definition) is 3. The van der Waals surface area contributed by atoms with Crippen LogP contribution < -0.4 is 5.69 Å². The quantitative estimate of drug-likeness (QED) is 0.874. The molecule has 2 aromatic rings. The number of carbonyl (C=O) groups is 1. The van der Waals surface area contributed by atoms with Gasteiger partial charge in [-0.3, -0.25) is 4.57 Å². The molecule has 0 fully saturated rings. The maximum atomic E-state index is 12.1. The fourth-order valence-corrected chi connectivity index (χ4v) is 2.33. The minimum absolute atomic E-state index is 0.0972.